The molecule has 3 heteroatoms. The van der Waals surface area contributed by atoms with Gasteiger partial charge in [0.25, 0.3) is 0 Å². The van der Waals surface area contributed by atoms with E-state index < -0.39 is 0 Å². The molecule has 0 amide bonds. The summed E-state index contributed by atoms with van der Waals surface area (Å²) in [6.07, 6.45) is 0. The van der Waals surface area contributed by atoms with Gasteiger partial charge in [0.05, 0.1) is 6.04 Å². The van der Waals surface area contributed by atoms with Gasteiger partial charge in [0.15, 0.2) is 4.67 Å². The van der Waals surface area contributed by atoms with Crippen LogP contribution in [0.4, 0.5) is 0 Å². The van der Waals surface area contributed by atoms with Crippen molar-refractivity contribution in [1.82, 2.24) is 5.32 Å². The molecular weight excluding hydrogens is 314 g/mol. The van der Waals surface area contributed by atoms with Crippen molar-refractivity contribution in [2.24, 2.45) is 0 Å². The van der Waals surface area contributed by atoms with E-state index in [0.717, 1.165) is 17.0 Å². The molecule has 1 atom stereocenters. The fourth-order valence-corrected chi connectivity index (χ4v) is 2.80. The second kappa shape index (κ2) is 6.15. The first kappa shape index (κ1) is 15.3. The van der Waals surface area contributed by atoms with Crippen molar-refractivity contribution in [3.8, 4) is 0 Å². The maximum absolute atomic E-state index is 5.77. The van der Waals surface area contributed by atoms with Crippen LogP contribution in [0.3, 0.4) is 0 Å². The van der Waals surface area contributed by atoms with Crippen LogP contribution in [-0.4, -0.2) is 6.54 Å². The molecule has 108 valence electrons. The fraction of sp³-hybridized carbons (Fsp3) is 0.412. The minimum Gasteiger partial charge on any atom is -0.452 e. The second-order valence-corrected chi connectivity index (χ2v) is 6.75. The van der Waals surface area contributed by atoms with Crippen molar-refractivity contribution in [1.29, 1.82) is 0 Å². The Hall–Kier alpha value is -1.06. The van der Waals surface area contributed by atoms with Gasteiger partial charge in [0.2, 0.25) is 0 Å². The van der Waals surface area contributed by atoms with E-state index in [4.69, 9.17) is 4.42 Å². The molecule has 0 bridgehead atoms. The van der Waals surface area contributed by atoms with E-state index >= 15 is 0 Å². The van der Waals surface area contributed by atoms with Gasteiger partial charge < -0.3 is 9.73 Å². The fourth-order valence-electron chi connectivity index (χ4n) is 2.48. The molecule has 0 aliphatic heterocycles. The summed E-state index contributed by atoms with van der Waals surface area (Å²) < 4.78 is 6.54. The predicted molar refractivity (Wildman–Crippen MR) is 87.1 cm³/mol. The standard InChI is InChI=1S/C17H22BrNO/c1-5-19-16(14-10-11-15(18)20-14)12-8-6-7-9-13(12)17(2,3)4/h6-11,16,19H,5H2,1-4H3. The molecule has 0 aliphatic rings. The third-order valence-corrected chi connectivity index (χ3v) is 3.79. The van der Waals surface area contributed by atoms with Gasteiger partial charge in [0.1, 0.15) is 5.76 Å². The minimum absolute atomic E-state index is 0.0849. The maximum Gasteiger partial charge on any atom is 0.169 e. The normalized spacial score (nSPS) is 13.4. The van der Waals surface area contributed by atoms with E-state index in [2.05, 4.69) is 73.2 Å². The van der Waals surface area contributed by atoms with Crippen LogP contribution in [-0.2, 0) is 5.41 Å². The maximum atomic E-state index is 5.77. The van der Waals surface area contributed by atoms with Crippen LogP contribution in [0.2, 0.25) is 0 Å². The molecule has 0 saturated carbocycles. The smallest absolute Gasteiger partial charge is 0.169 e. The van der Waals surface area contributed by atoms with Crippen LogP contribution in [0, 0.1) is 0 Å². The van der Waals surface area contributed by atoms with Gasteiger partial charge in [-0.25, -0.2) is 0 Å². The summed E-state index contributed by atoms with van der Waals surface area (Å²) in [4.78, 5) is 0. The zero-order chi connectivity index (χ0) is 14.8. The third kappa shape index (κ3) is 3.33. The average Bonchev–Trinajstić information content (AvgIpc) is 2.81. The lowest BCUT2D eigenvalue weighted by atomic mass is 9.81. The van der Waals surface area contributed by atoms with E-state index in [1.807, 2.05) is 12.1 Å². The first-order valence-corrected chi connectivity index (χ1v) is 7.80. The van der Waals surface area contributed by atoms with E-state index in [1.54, 1.807) is 0 Å². The van der Waals surface area contributed by atoms with Crippen LogP contribution in [0.5, 0.6) is 0 Å². The quantitative estimate of drug-likeness (QED) is 0.846. The van der Waals surface area contributed by atoms with Crippen molar-refractivity contribution >= 4 is 15.9 Å². The van der Waals surface area contributed by atoms with Gasteiger partial charge >= 0.3 is 0 Å². The van der Waals surface area contributed by atoms with E-state index in [-0.39, 0.29) is 11.5 Å². The van der Waals surface area contributed by atoms with Crippen molar-refractivity contribution in [3.05, 3.63) is 58.0 Å². The van der Waals surface area contributed by atoms with Crippen molar-refractivity contribution in [2.45, 2.75) is 39.2 Å². The van der Waals surface area contributed by atoms with Gasteiger partial charge in [-0.2, -0.15) is 0 Å². The van der Waals surface area contributed by atoms with Crippen LogP contribution in [0.25, 0.3) is 0 Å². The highest BCUT2D eigenvalue weighted by Crippen LogP contribution is 2.33. The lowest BCUT2D eigenvalue weighted by molar-refractivity contribution is 0.432. The first-order valence-electron chi connectivity index (χ1n) is 7.01. The Morgan fingerprint density at radius 3 is 2.40 bits per heavy atom. The molecule has 20 heavy (non-hydrogen) atoms. The molecule has 2 rings (SSSR count). The van der Waals surface area contributed by atoms with Crippen LogP contribution >= 0.6 is 15.9 Å². The largest absolute Gasteiger partial charge is 0.452 e. The van der Waals surface area contributed by atoms with Crippen molar-refractivity contribution in [2.75, 3.05) is 6.54 Å². The Balaban J connectivity index is 2.50. The molecule has 1 aromatic heterocycles. The Morgan fingerprint density at radius 2 is 1.85 bits per heavy atom. The average molecular weight is 336 g/mol. The molecule has 1 aromatic carbocycles. The number of halogens is 1. The summed E-state index contributed by atoms with van der Waals surface area (Å²) in [6, 6.07) is 12.6. The SMILES string of the molecule is CCNC(c1ccc(Br)o1)c1ccccc1C(C)(C)C. The summed E-state index contributed by atoms with van der Waals surface area (Å²) in [5, 5.41) is 3.53. The highest BCUT2D eigenvalue weighted by molar-refractivity contribution is 9.10. The third-order valence-electron chi connectivity index (χ3n) is 3.37. The number of hydrogen-bond donors (Lipinski definition) is 1. The Labute approximate surface area is 129 Å². The summed E-state index contributed by atoms with van der Waals surface area (Å²) in [5.74, 6) is 0.940. The first-order chi connectivity index (χ1) is 9.43. The summed E-state index contributed by atoms with van der Waals surface area (Å²) in [6.45, 7) is 9.73. The second-order valence-electron chi connectivity index (χ2n) is 5.97. The zero-order valence-corrected chi connectivity index (χ0v) is 14.1. The highest BCUT2D eigenvalue weighted by Gasteiger charge is 2.24. The van der Waals surface area contributed by atoms with Crippen molar-refractivity contribution < 1.29 is 4.42 Å². The van der Waals surface area contributed by atoms with Crippen LogP contribution in [0.1, 0.15) is 50.6 Å². The van der Waals surface area contributed by atoms with E-state index in [1.165, 1.54) is 11.1 Å². The zero-order valence-electron chi connectivity index (χ0n) is 12.5. The Kier molecular flexibility index (Phi) is 4.71. The van der Waals surface area contributed by atoms with E-state index in [0.29, 0.717) is 0 Å². The number of benzene rings is 1. The van der Waals surface area contributed by atoms with E-state index in [9.17, 15) is 0 Å². The van der Waals surface area contributed by atoms with Crippen LogP contribution < -0.4 is 5.32 Å². The lowest BCUT2D eigenvalue weighted by Crippen LogP contribution is -2.25. The number of furan rings is 1. The molecule has 1 unspecified atom stereocenters. The summed E-state index contributed by atoms with van der Waals surface area (Å²) in [7, 11) is 0. The molecule has 1 N–H and O–H groups in total. The van der Waals surface area contributed by atoms with Gasteiger partial charge in [-0.3, -0.25) is 0 Å². The van der Waals surface area contributed by atoms with Gasteiger partial charge in [-0.1, -0.05) is 52.0 Å². The molecule has 0 fully saturated rings. The van der Waals surface area contributed by atoms with Crippen molar-refractivity contribution in [3.63, 3.8) is 0 Å². The Morgan fingerprint density at radius 1 is 1.15 bits per heavy atom. The summed E-state index contributed by atoms with van der Waals surface area (Å²) in [5.41, 5.74) is 2.73. The number of hydrogen-bond acceptors (Lipinski definition) is 2. The van der Waals surface area contributed by atoms with Gasteiger partial charge in [-0.05, 0) is 51.1 Å². The molecule has 1 heterocycles. The molecule has 0 saturated heterocycles. The minimum atomic E-state index is 0.0849. The number of nitrogens with one attached hydrogen (secondary N) is 1. The topological polar surface area (TPSA) is 25.2 Å². The molecular formula is C17H22BrNO. The highest BCUT2D eigenvalue weighted by atomic mass is 79.9. The summed E-state index contributed by atoms with van der Waals surface area (Å²) >= 11 is 3.39. The molecule has 2 aromatic rings. The predicted octanol–water partition coefficient (Wildman–Crippen LogP) is 5.04. The molecule has 2 nitrogen and oxygen atoms in total. The molecule has 0 spiro atoms. The lowest BCUT2D eigenvalue weighted by Gasteiger charge is -2.27. The van der Waals surface area contributed by atoms with Gasteiger partial charge in [0, 0.05) is 0 Å². The molecule has 0 radical (unpaired) electrons. The van der Waals surface area contributed by atoms with Crippen LogP contribution in [0.15, 0.2) is 45.5 Å². The Bertz CT molecular complexity index is 568. The molecule has 0 aliphatic carbocycles. The number of rotatable bonds is 4. The monoisotopic (exact) mass is 335 g/mol. The van der Waals surface area contributed by atoms with Gasteiger partial charge in [-0.15, -0.1) is 0 Å².